The van der Waals surface area contributed by atoms with Crippen LogP contribution in [0.5, 0.6) is 11.6 Å². The molecular weight excluding hydrogens is 446 g/mol. The lowest BCUT2D eigenvalue weighted by Gasteiger charge is -2.27. The number of hydrogen-bond donors (Lipinski definition) is 3. The summed E-state index contributed by atoms with van der Waals surface area (Å²) >= 11 is -1.63. The zero-order chi connectivity index (χ0) is 23.6. The Labute approximate surface area is 192 Å². The second-order valence-electron chi connectivity index (χ2n) is 7.86. The van der Waals surface area contributed by atoms with E-state index in [2.05, 4.69) is 24.4 Å². The summed E-state index contributed by atoms with van der Waals surface area (Å²) < 4.78 is 31.2. The van der Waals surface area contributed by atoms with E-state index in [1.54, 1.807) is 53.6 Å². The minimum Gasteiger partial charge on any atom is -0.490 e. The first kappa shape index (κ1) is 22.3. The number of nitrogens with two attached hydrogens (primary N) is 1. The molecular formula is C21H23N7O4S. The van der Waals surface area contributed by atoms with Crippen molar-refractivity contribution in [2.75, 3.05) is 18.4 Å². The van der Waals surface area contributed by atoms with E-state index in [0.29, 0.717) is 34.3 Å². The molecule has 0 bridgehead atoms. The molecule has 0 aliphatic carbocycles. The number of aromatic nitrogens is 3. The lowest BCUT2D eigenvalue weighted by Crippen LogP contribution is -2.48. The van der Waals surface area contributed by atoms with E-state index >= 15 is 0 Å². The topological polar surface area (TPSA) is 146 Å². The number of rotatable bonds is 7. The third-order valence-electron chi connectivity index (χ3n) is 4.73. The first-order valence-corrected chi connectivity index (χ1v) is 11.0. The van der Waals surface area contributed by atoms with Crippen LogP contribution in [0, 0.1) is 0 Å². The van der Waals surface area contributed by atoms with Gasteiger partial charge >= 0.3 is 0 Å². The molecule has 3 aromatic rings. The SMILES string of the molecule is COc1cc(C(=O)NC(C)(C)COc2cccc3c2C(N)=NS(=O)N3)cc(-n2ccnc2)n1. The molecule has 33 heavy (non-hydrogen) atoms. The molecule has 0 fully saturated rings. The summed E-state index contributed by atoms with van der Waals surface area (Å²) in [5, 5.41) is 2.97. The number of methoxy groups -OCH3 is 1. The van der Waals surface area contributed by atoms with Crippen LogP contribution in [0.2, 0.25) is 0 Å². The molecule has 2 aromatic heterocycles. The Morgan fingerprint density at radius 2 is 2.15 bits per heavy atom. The van der Waals surface area contributed by atoms with Gasteiger partial charge in [-0.2, -0.15) is 9.38 Å². The number of amidine groups is 1. The standard InChI is InChI=1S/C21H23N7O4S/c1-21(2,11-32-15-6-4-5-14-18(15)19(22)27-33(30)26-14)25-20(29)13-9-16(24-17(10-13)31-3)28-8-7-23-12-28/h4-10,12,26H,11H2,1-3H3,(H2,22,27)(H,25,29). The number of benzene rings is 1. The fraction of sp³-hybridized carbons (Fsp3) is 0.238. The van der Waals surface area contributed by atoms with E-state index in [1.807, 2.05) is 13.8 Å². The highest BCUT2D eigenvalue weighted by molar-refractivity contribution is 7.85. The number of nitrogens with one attached hydrogen (secondary N) is 2. The molecule has 0 saturated carbocycles. The van der Waals surface area contributed by atoms with Crippen molar-refractivity contribution in [3.8, 4) is 17.4 Å². The molecule has 1 unspecified atom stereocenters. The van der Waals surface area contributed by atoms with Crippen molar-refractivity contribution >= 4 is 28.6 Å². The Morgan fingerprint density at radius 3 is 2.88 bits per heavy atom. The van der Waals surface area contributed by atoms with Crippen molar-refractivity contribution < 1.29 is 18.5 Å². The summed E-state index contributed by atoms with van der Waals surface area (Å²) in [6.45, 7) is 3.81. The van der Waals surface area contributed by atoms with Gasteiger partial charge in [-0.1, -0.05) is 6.07 Å². The van der Waals surface area contributed by atoms with Crippen LogP contribution in [0.15, 0.2) is 53.5 Å². The predicted molar refractivity (Wildman–Crippen MR) is 124 cm³/mol. The van der Waals surface area contributed by atoms with Crippen molar-refractivity contribution in [3.63, 3.8) is 0 Å². The van der Waals surface area contributed by atoms with E-state index in [0.717, 1.165) is 0 Å². The second-order valence-corrected chi connectivity index (χ2v) is 8.74. The minimum absolute atomic E-state index is 0.121. The Morgan fingerprint density at radius 1 is 1.33 bits per heavy atom. The largest absolute Gasteiger partial charge is 0.490 e. The Bertz CT molecular complexity index is 1240. The normalized spacial score (nSPS) is 15.1. The maximum atomic E-state index is 13.0. The number of carbonyl (C=O) groups is 1. The van der Waals surface area contributed by atoms with Gasteiger partial charge < -0.3 is 20.5 Å². The number of carbonyl (C=O) groups excluding carboxylic acids is 1. The molecule has 4 N–H and O–H groups in total. The van der Waals surface area contributed by atoms with Gasteiger partial charge in [-0.25, -0.2) is 9.19 Å². The molecule has 1 aromatic carbocycles. The fourth-order valence-corrected chi connectivity index (χ4v) is 3.85. The van der Waals surface area contributed by atoms with E-state index < -0.39 is 16.7 Å². The Hall–Kier alpha value is -3.93. The molecule has 1 aliphatic heterocycles. The summed E-state index contributed by atoms with van der Waals surface area (Å²) in [6.07, 6.45) is 4.93. The third-order valence-corrected chi connectivity index (χ3v) is 5.49. The van der Waals surface area contributed by atoms with Crippen LogP contribution >= 0.6 is 0 Å². The lowest BCUT2D eigenvalue weighted by atomic mass is 10.1. The molecule has 4 rings (SSSR count). The number of fused-ring (bicyclic) bond motifs is 1. The van der Waals surface area contributed by atoms with Crippen molar-refractivity contribution in [3.05, 3.63) is 60.2 Å². The van der Waals surface area contributed by atoms with Gasteiger partial charge in [0.15, 0.2) is 0 Å². The number of anilines is 1. The Balaban J connectivity index is 1.50. The van der Waals surface area contributed by atoms with Gasteiger partial charge in [-0.15, -0.1) is 0 Å². The number of hydrogen-bond acceptors (Lipinski definition) is 7. The van der Waals surface area contributed by atoms with Gasteiger partial charge in [-0.05, 0) is 32.0 Å². The van der Waals surface area contributed by atoms with E-state index in [1.165, 1.54) is 7.11 Å². The number of ether oxygens (including phenoxy) is 2. The van der Waals surface area contributed by atoms with Gasteiger partial charge in [0.2, 0.25) is 17.1 Å². The number of imidazole rings is 1. The minimum atomic E-state index is -1.63. The van der Waals surface area contributed by atoms with Gasteiger partial charge in [-0.3, -0.25) is 14.1 Å². The zero-order valence-electron chi connectivity index (χ0n) is 18.2. The molecule has 1 atom stereocenters. The highest BCUT2D eigenvalue weighted by Crippen LogP contribution is 2.30. The van der Waals surface area contributed by atoms with Crippen LogP contribution in [-0.2, 0) is 11.2 Å². The summed E-state index contributed by atoms with van der Waals surface area (Å²) in [4.78, 5) is 21.4. The Kier molecular flexibility index (Phi) is 6.01. The molecule has 1 aliphatic rings. The highest BCUT2D eigenvalue weighted by atomic mass is 32.2. The van der Waals surface area contributed by atoms with Crippen LogP contribution in [0.3, 0.4) is 0 Å². The summed E-state index contributed by atoms with van der Waals surface area (Å²) in [7, 11) is 1.49. The maximum Gasteiger partial charge on any atom is 0.252 e. The van der Waals surface area contributed by atoms with Crippen molar-refractivity contribution in [2.45, 2.75) is 19.4 Å². The molecule has 172 valence electrons. The van der Waals surface area contributed by atoms with E-state index in [4.69, 9.17) is 15.2 Å². The van der Waals surface area contributed by atoms with E-state index in [9.17, 15) is 9.00 Å². The van der Waals surface area contributed by atoms with Crippen LogP contribution in [0.4, 0.5) is 5.69 Å². The zero-order valence-corrected chi connectivity index (χ0v) is 19.0. The summed E-state index contributed by atoms with van der Waals surface area (Å²) in [6, 6.07) is 8.43. The number of nitrogens with zero attached hydrogens (tertiary/aromatic N) is 4. The molecule has 12 heteroatoms. The molecule has 0 saturated heterocycles. The molecule has 1 amide bonds. The first-order valence-electron chi connectivity index (χ1n) is 9.91. The van der Waals surface area contributed by atoms with Crippen LogP contribution in [0.25, 0.3) is 5.82 Å². The first-order chi connectivity index (χ1) is 15.8. The number of pyridine rings is 1. The lowest BCUT2D eigenvalue weighted by molar-refractivity contribution is 0.0880. The van der Waals surface area contributed by atoms with Gasteiger partial charge in [0.05, 0.1) is 23.9 Å². The molecule has 0 radical (unpaired) electrons. The van der Waals surface area contributed by atoms with Gasteiger partial charge in [0.1, 0.15) is 30.3 Å². The summed E-state index contributed by atoms with van der Waals surface area (Å²) in [5.74, 6) is 1.07. The smallest absolute Gasteiger partial charge is 0.252 e. The van der Waals surface area contributed by atoms with Crippen molar-refractivity contribution in [1.82, 2.24) is 19.9 Å². The monoisotopic (exact) mass is 469 g/mol. The third kappa shape index (κ3) is 4.95. The van der Waals surface area contributed by atoms with E-state index in [-0.39, 0.29) is 18.3 Å². The molecule has 11 nitrogen and oxygen atoms in total. The quantitative estimate of drug-likeness (QED) is 0.476. The molecule has 0 spiro atoms. The molecule has 3 heterocycles. The fourth-order valence-electron chi connectivity index (χ4n) is 3.18. The van der Waals surface area contributed by atoms with Crippen LogP contribution < -0.4 is 25.2 Å². The predicted octanol–water partition coefficient (Wildman–Crippen LogP) is 1.57. The average molecular weight is 470 g/mol. The highest BCUT2D eigenvalue weighted by Gasteiger charge is 2.26. The van der Waals surface area contributed by atoms with Crippen molar-refractivity contribution in [1.29, 1.82) is 0 Å². The second kappa shape index (κ2) is 8.90. The average Bonchev–Trinajstić information content (AvgIpc) is 3.32. The van der Waals surface area contributed by atoms with Crippen LogP contribution in [-0.4, -0.2) is 49.7 Å². The van der Waals surface area contributed by atoms with Gasteiger partial charge in [0, 0.05) is 24.0 Å². The van der Waals surface area contributed by atoms with Gasteiger partial charge in [0.25, 0.3) is 5.91 Å². The number of amides is 1. The summed E-state index contributed by atoms with van der Waals surface area (Å²) in [5.41, 5.74) is 6.68. The maximum absolute atomic E-state index is 13.0. The van der Waals surface area contributed by atoms with Crippen LogP contribution in [0.1, 0.15) is 29.8 Å². The van der Waals surface area contributed by atoms with Crippen molar-refractivity contribution in [2.24, 2.45) is 10.1 Å².